The minimum absolute atomic E-state index is 0.0635. The maximum atomic E-state index is 12.9. The number of hydrogen-bond acceptors (Lipinski definition) is 6. The summed E-state index contributed by atoms with van der Waals surface area (Å²) in [6.45, 7) is 4.66. The van der Waals surface area contributed by atoms with Gasteiger partial charge in [-0.3, -0.25) is 4.79 Å². The smallest absolute Gasteiger partial charge is 0.257 e. The van der Waals surface area contributed by atoms with Crippen LogP contribution in [0.2, 0.25) is 5.02 Å². The topological polar surface area (TPSA) is 58.6 Å². The van der Waals surface area contributed by atoms with Crippen LogP contribution >= 0.6 is 22.9 Å². The van der Waals surface area contributed by atoms with E-state index in [0.717, 1.165) is 35.2 Å². The number of thiazole rings is 1. The van der Waals surface area contributed by atoms with Crippen LogP contribution in [0.4, 0.5) is 5.82 Å². The summed E-state index contributed by atoms with van der Waals surface area (Å²) < 4.78 is 5.32. The van der Waals surface area contributed by atoms with E-state index in [0.29, 0.717) is 29.4 Å². The van der Waals surface area contributed by atoms with Crippen molar-refractivity contribution < 1.29 is 9.53 Å². The van der Waals surface area contributed by atoms with Gasteiger partial charge in [-0.1, -0.05) is 11.6 Å². The van der Waals surface area contributed by atoms with Crippen molar-refractivity contribution >= 4 is 34.7 Å². The molecule has 0 N–H and O–H groups in total. The Morgan fingerprint density at radius 2 is 1.97 bits per heavy atom. The third-order valence-corrected chi connectivity index (χ3v) is 6.14. The first kappa shape index (κ1) is 19.7. The van der Waals surface area contributed by atoms with Crippen LogP contribution in [0.25, 0.3) is 10.6 Å². The third kappa shape index (κ3) is 4.21. The second-order valence-electron chi connectivity index (χ2n) is 6.82. The van der Waals surface area contributed by atoms with Crippen LogP contribution < -0.4 is 9.64 Å². The Balaban J connectivity index is 1.42. The lowest BCUT2D eigenvalue weighted by Gasteiger charge is -2.35. The van der Waals surface area contributed by atoms with E-state index >= 15 is 0 Å². The van der Waals surface area contributed by atoms with Crippen molar-refractivity contribution in [1.29, 1.82) is 0 Å². The molecule has 0 unspecified atom stereocenters. The number of carbonyl (C=O) groups is 1. The van der Waals surface area contributed by atoms with E-state index in [9.17, 15) is 4.79 Å². The number of rotatable bonds is 4. The van der Waals surface area contributed by atoms with E-state index in [4.69, 9.17) is 16.3 Å². The lowest BCUT2D eigenvalue weighted by atomic mass is 10.1. The zero-order chi connectivity index (χ0) is 20.4. The van der Waals surface area contributed by atoms with Crippen LogP contribution in [0.15, 0.2) is 41.9 Å². The molecule has 1 fully saturated rings. The van der Waals surface area contributed by atoms with Crippen LogP contribution in [-0.4, -0.2) is 54.1 Å². The highest BCUT2D eigenvalue weighted by atomic mass is 35.5. The van der Waals surface area contributed by atoms with Crippen molar-refractivity contribution in [3.05, 3.63) is 58.2 Å². The molecule has 1 aliphatic rings. The van der Waals surface area contributed by atoms with E-state index in [2.05, 4.69) is 20.9 Å². The fourth-order valence-corrected chi connectivity index (χ4v) is 4.30. The molecule has 29 heavy (non-hydrogen) atoms. The fourth-order valence-electron chi connectivity index (χ4n) is 3.34. The number of benzene rings is 1. The standard InChI is InChI=1S/C21H21ClN4O2S/c1-14-13-29-20(24-14)15-3-6-19(23-12-15)25-7-9-26(10-8-25)21(27)17-11-16(22)4-5-18(17)28-2/h3-6,11-13H,7-10H2,1-2H3. The summed E-state index contributed by atoms with van der Waals surface area (Å²) in [5.41, 5.74) is 2.54. The van der Waals surface area contributed by atoms with Gasteiger partial charge < -0.3 is 14.5 Å². The van der Waals surface area contributed by atoms with Gasteiger partial charge in [0.1, 0.15) is 16.6 Å². The van der Waals surface area contributed by atoms with E-state index in [1.165, 1.54) is 0 Å². The zero-order valence-corrected chi connectivity index (χ0v) is 17.8. The van der Waals surface area contributed by atoms with Gasteiger partial charge in [0, 0.05) is 54.0 Å². The molecule has 6 nitrogen and oxygen atoms in total. The average Bonchev–Trinajstić information content (AvgIpc) is 3.20. The number of ether oxygens (including phenoxy) is 1. The first-order valence-electron chi connectivity index (χ1n) is 9.31. The van der Waals surface area contributed by atoms with E-state index in [1.54, 1.807) is 36.6 Å². The fraction of sp³-hybridized carbons (Fsp3) is 0.286. The van der Waals surface area contributed by atoms with E-state index in [1.807, 2.05) is 29.5 Å². The monoisotopic (exact) mass is 428 g/mol. The second kappa shape index (κ2) is 8.39. The van der Waals surface area contributed by atoms with Crippen LogP contribution in [-0.2, 0) is 0 Å². The summed E-state index contributed by atoms with van der Waals surface area (Å²) in [5, 5.41) is 3.54. The highest BCUT2D eigenvalue weighted by Crippen LogP contribution is 2.26. The van der Waals surface area contributed by atoms with Gasteiger partial charge in [-0.15, -0.1) is 11.3 Å². The first-order chi connectivity index (χ1) is 14.0. The molecule has 8 heteroatoms. The number of aryl methyl sites for hydroxylation is 1. The highest BCUT2D eigenvalue weighted by molar-refractivity contribution is 7.13. The van der Waals surface area contributed by atoms with Gasteiger partial charge in [-0.05, 0) is 37.3 Å². The number of halogens is 1. The minimum Gasteiger partial charge on any atom is -0.496 e. The summed E-state index contributed by atoms with van der Waals surface area (Å²) in [7, 11) is 1.56. The maximum absolute atomic E-state index is 12.9. The molecule has 1 aliphatic heterocycles. The van der Waals surface area contributed by atoms with E-state index < -0.39 is 0 Å². The predicted octanol–water partition coefficient (Wildman–Crippen LogP) is 4.14. The minimum atomic E-state index is -0.0635. The maximum Gasteiger partial charge on any atom is 0.257 e. The number of aromatic nitrogens is 2. The number of piperazine rings is 1. The van der Waals surface area contributed by atoms with Crippen LogP contribution in [0, 0.1) is 6.92 Å². The molecule has 1 amide bonds. The van der Waals surface area contributed by atoms with Gasteiger partial charge in [0.05, 0.1) is 12.7 Å². The summed E-state index contributed by atoms with van der Waals surface area (Å²) in [6.07, 6.45) is 1.86. The normalized spacial score (nSPS) is 14.2. The van der Waals surface area contributed by atoms with Gasteiger partial charge in [0.15, 0.2) is 0 Å². The Morgan fingerprint density at radius 3 is 2.59 bits per heavy atom. The molecule has 0 aliphatic carbocycles. The molecule has 3 heterocycles. The van der Waals surface area contributed by atoms with Crippen LogP contribution in [0.5, 0.6) is 5.75 Å². The van der Waals surface area contributed by atoms with E-state index in [-0.39, 0.29) is 5.91 Å². The number of hydrogen-bond donors (Lipinski definition) is 0. The molecule has 1 aromatic carbocycles. The summed E-state index contributed by atoms with van der Waals surface area (Å²) in [4.78, 5) is 26.1. The molecule has 0 radical (unpaired) electrons. The van der Waals surface area contributed by atoms with Gasteiger partial charge in [-0.2, -0.15) is 0 Å². The van der Waals surface area contributed by atoms with Crippen molar-refractivity contribution in [1.82, 2.24) is 14.9 Å². The Bertz CT molecular complexity index is 1010. The molecular formula is C21H21ClN4O2S. The average molecular weight is 429 g/mol. The second-order valence-corrected chi connectivity index (χ2v) is 8.12. The number of nitrogens with zero attached hydrogens (tertiary/aromatic N) is 4. The molecule has 150 valence electrons. The Hall–Kier alpha value is -2.64. The third-order valence-electron chi connectivity index (χ3n) is 4.90. The summed E-state index contributed by atoms with van der Waals surface area (Å²) in [5.74, 6) is 1.39. The molecule has 0 saturated carbocycles. The largest absolute Gasteiger partial charge is 0.496 e. The summed E-state index contributed by atoms with van der Waals surface area (Å²) in [6, 6.07) is 9.17. The molecule has 0 spiro atoms. The zero-order valence-electron chi connectivity index (χ0n) is 16.3. The van der Waals surface area contributed by atoms with Crippen molar-refractivity contribution in [3.63, 3.8) is 0 Å². The first-order valence-corrected chi connectivity index (χ1v) is 10.6. The van der Waals surface area contributed by atoms with Gasteiger partial charge in [0.25, 0.3) is 5.91 Å². The van der Waals surface area contributed by atoms with Crippen LogP contribution in [0.3, 0.4) is 0 Å². The van der Waals surface area contributed by atoms with Crippen molar-refractivity contribution in [2.75, 3.05) is 38.2 Å². The number of anilines is 1. The number of methoxy groups -OCH3 is 1. The van der Waals surface area contributed by atoms with Crippen molar-refractivity contribution in [2.24, 2.45) is 0 Å². The number of amides is 1. The Kier molecular flexibility index (Phi) is 5.69. The van der Waals surface area contributed by atoms with Crippen LogP contribution in [0.1, 0.15) is 16.1 Å². The van der Waals surface area contributed by atoms with Gasteiger partial charge in [-0.25, -0.2) is 9.97 Å². The molecular weight excluding hydrogens is 408 g/mol. The quantitative estimate of drug-likeness (QED) is 0.625. The molecule has 2 aromatic heterocycles. The molecule has 0 atom stereocenters. The predicted molar refractivity (Wildman–Crippen MR) is 116 cm³/mol. The molecule has 1 saturated heterocycles. The summed E-state index contributed by atoms with van der Waals surface area (Å²) >= 11 is 7.69. The Labute approximate surface area is 178 Å². The molecule has 3 aromatic rings. The van der Waals surface area contributed by atoms with Crippen molar-refractivity contribution in [3.8, 4) is 16.3 Å². The number of carbonyl (C=O) groups excluding carboxylic acids is 1. The van der Waals surface area contributed by atoms with Crippen molar-refractivity contribution in [2.45, 2.75) is 6.92 Å². The van der Waals surface area contributed by atoms with Gasteiger partial charge >= 0.3 is 0 Å². The SMILES string of the molecule is COc1ccc(Cl)cc1C(=O)N1CCN(c2ccc(-c3nc(C)cs3)cn2)CC1. The highest BCUT2D eigenvalue weighted by Gasteiger charge is 2.25. The molecule has 0 bridgehead atoms. The Morgan fingerprint density at radius 1 is 1.17 bits per heavy atom. The number of pyridine rings is 1. The molecule has 4 rings (SSSR count). The lowest BCUT2D eigenvalue weighted by Crippen LogP contribution is -2.49. The lowest BCUT2D eigenvalue weighted by molar-refractivity contribution is 0.0743. The van der Waals surface area contributed by atoms with Gasteiger partial charge in [0.2, 0.25) is 0 Å².